The lowest BCUT2D eigenvalue weighted by atomic mass is 10.0. The number of carbonyl (C=O) groups is 1. The van der Waals surface area contributed by atoms with Crippen molar-refractivity contribution in [1.29, 1.82) is 0 Å². The molecule has 132 valence electrons. The van der Waals surface area contributed by atoms with Gasteiger partial charge in [-0.15, -0.1) is 0 Å². The molecule has 0 aliphatic heterocycles. The molecule has 0 saturated carbocycles. The van der Waals surface area contributed by atoms with Crippen LogP contribution in [0.2, 0.25) is 0 Å². The fourth-order valence-corrected chi connectivity index (χ4v) is 2.91. The number of nitrogens with zero attached hydrogens (tertiary/aromatic N) is 1. The number of para-hydroxylation sites is 1. The summed E-state index contributed by atoms with van der Waals surface area (Å²) >= 11 is 0. The summed E-state index contributed by atoms with van der Waals surface area (Å²) in [5.41, 5.74) is 6.82. The Morgan fingerprint density at radius 2 is 1.81 bits per heavy atom. The van der Waals surface area contributed by atoms with E-state index < -0.39 is 17.4 Å². The van der Waals surface area contributed by atoms with Gasteiger partial charge in [-0.25, -0.2) is 0 Å². The van der Waals surface area contributed by atoms with Crippen LogP contribution in [-0.2, 0) is 7.05 Å². The Balaban J connectivity index is 1.88. The maximum Gasteiger partial charge on any atom is 0.265 e. The maximum absolute atomic E-state index is 12.6. The molecule has 0 unspecified atom stereocenters. The van der Waals surface area contributed by atoms with Crippen molar-refractivity contribution in [3.05, 3.63) is 82.2 Å². The van der Waals surface area contributed by atoms with Crippen LogP contribution in [0.25, 0.3) is 17.0 Å². The normalized spacial score (nSPS) is 12.5. The first-order chi connectivity index (χ1) is 12.5. The van der Waals surface area contributed by atoms with Crippen LogP contribution < -0.4 is 11.3 Å². The van der Waals surface area contributed by atoms with Crippen LogP contribution in [0, 0.1) is 0 Å². The van der Waals surface area contributed by atoms with E-state index in [9.17, 15) is 14.7 Å². The lowest BCUT2D eigenvalue weighted by molar-refractivity contribution is 0.0975. The van der Waals surface area contributed by atoms with Crippen molar-refractivity contribution in [3.63, 3.8) is 0 Å². The van der Waals surface area contributed by atoms with Crippen LogP contribution in [0.1, 0.15) is 22.3 Å². The van der Waals surface area contributed by atoms with Gasteiger partial charge in [0, 0.05) is 24.9 Å². The first-order valence-corrected chi connectivity index (χ1v) is 8.31. The molecule has 0 spiro atoms. The summed E-state index contributed by atoms with van der Waals surface area (Å²) in [5.74, 6) is -0.757. The lowest BCUT2D eigenvalue weighted by Crippen LogP contribution is -2.28. The minimum atomic E-state index is -0.557. The fraction of sp³-hybridized carbons (Fsp3) is 0.143. The van der Waals surface area contributed by atoms with Crippen LogP contribution in [0.3, 0.4) is 0 Å². The van der Waals surface area contributed by atoms with Gasteiger partial charge in [0.1, 0.15) is 11.3 Å². The standard InChI is InChI=1S/C21H20N2O3/c1-23-17-10-6-5-9-16(17)20(25)19(21(23)26)18(24)13-15(22)12-11-14-7-3-2-4-8-14/h2-12,15,25H,13,22H2,1H3/b12-11+/t15-/m1/s1. The Morgan fingerprint density at radius 1 is 1.15 bits per heavy atom. The average Bonchev–Trinajstić information content (AvgIpc) is 2.65. The Labute approximate surface area is 151 Å². The van der Waals surface area contributed by atoms with Crippen molar-refractivity contribution >= 4 is 22.8 Å². The van der Waals surface area contributed by atoms with Crippen LogP contribution >= 0.6 is 0 Å². The molecule has 1 heterocycles. The highest BCUT2D eigenvalue weighted by molar-refractivity contribution is 6.03. The Hall–Kier alpha value is -3.18. The summed E-state index contributed by atoms with van der Waals surface area (Å²) < 4.78 is 1.37. The predicted molar refractivity (Wildman–Crippen MR) is 103 cm³/mol. The highest BCUT2D eigenvalue weighted by Gasteiger charge is 2.21. The second kappa shape index (κ2) is 7.37. The van der Waals surface area contributed by atoms with Crippen molar-refractivity contribution in [2.24, 2.45) is 12.8 Å². The summed E-state index contributed by atoms with van der Waals surface area (Å²) in [6.45, 7) is 0. The van der Waals surface area contributed by atoms with E-state index in [-0.39, 0.29) is 17.7 Å². The molecule has 3 aromatic rings. The SMILES string of the molecule is Cn1c(=O)c(C(=O)C[C@H](N)/C=C/c2ccccc2)c(O)c2ccccc21. The quantitative estimate of drug-likeness (QED) is 0.694. The van der Waals surface area contributed by atoms with Gasteiger partial charge < -0.3 is 15.4 Å². The third-order valence-electron chi connectivity index (χ3n) is 4.31. The first kappa shape index (κ1) is 17.6. The van der Waals surface area contributed by atoms with Crippen LogP contribution in [0.5, 0.6) is 5.75 Å². The molecule has 5 nitrogen and oxygen atoms in total. The van der Waals surface area contributed by atoms with E-state index in [1.165, 1.54) is 4.57 Å². The first-order valence-electron chi connectivity index (χ1n) is 8.31. The van der Waals surface area contributed by atoms with Gasteiger partial charge in [-0.2, -0.15) is 0 Å². The largest absolute Gasteiger partial charge is 0.506 e. The molecule has 0 amide bonds. The summed E-state index contributed by atoms with van der Waals surface area (Å²) in [5, 5.41) is 10.9. The molecule has 26 heavy (non-hydrogen) atoms. The third-order valence-corrected chi connectivity index (χ3v) is 4.31. The average molecular weight is 348 g/mol. The zero-order chi connectivity index (χ0) is 18.7. The van der Waals surface area contributed by atoms with Gasteiger partial charge in [0.05, 0.1) is 5.52 Å². The van der Waals surface area contributed by atoms with Gasteiger partial charge in [-0.3, -0.25) is 9.59 Å². The van der Waals surface area contributed by atoms with Crippen LogP contribution in [0.15, 0.2) is 65.5 Å². The highest BCUT2D eigenvalue weighted by atomic mass is 16.3. The molecular weight excluding hydrogens is 328 g/mol. The van der Waals surface area contributed by atoms with E-state index >= 15 is 0 Å². The Morgan fingerprint density at radius 3 is 2.54 bits per heavy atom. The highest BCUT2D eigenvalue weighted by Crippen LogP contribution is 2.26. The molecule has 1 aromatic heterocycles. The van der Waals surface area contributed by atoms with Gasteiger partial charge >= 0.3 is 0 Å². The van der Waals surface area contributed by atoms with Crippen molar-refractivity contribution < 1.29 is 9.90 Å². The molecule has 2 aromatic carbocycles. The van der Waals surface area contributed by atoms with E-state index in [4.69, 9.17) is 5.73 Å². The molecule has 3 N–H and O–H groups in total. The molecular formula is C21H20N2O3. The van der Waals surface area contributed by atoms with E-state index in [1.807, 2.05) is 36.4 Å². The number of fused-ring (bicyclic) bond motifs is 1. The maximum atomic E-state index is 12.6. The van der Waals surface area contributed by atoms with Gasteiger partial charge in [0.25, 0.3) is 5.56 Å². The number of carbonyl (C=O) groups excluding carboxylic acids is 1. The zero-order valence-electron chi connectivity index (χ0n) is 14.4. The molecule has 0 aliphatic rings. The third kappa shape index (κ3) is 3.43. The van der Waals surface area contributed by atoms with Gasteiger partial charge in [-0.1, -0.05) is 54.6 Å². The summed E-state index contributed by atoms with van der Waals surface area (Å²) in [4.78, 5) is 25.1. The second-order valence-corrected chi connectivity index (χ2v) is 6.17. The molecule has 0 fully saturated rings. The van der Waals surface area contributed by atoms with Gasteiger partial charge in [-0.05, 0) is 17.7 Å². The second-order valence-electron chi connectivity index (χ2n) is 6.17. The smallest absolute Gasteiger partial charge is 0.265 e. The predicted octanol–water partition coefficient (Wildman–Crippen LogP) is 2.86. The molecule has 0 radical (unpaired) electrons. The van der Waals surface area contributed by atoms with E-state index in [0.717, 1.165) is 5.56 Å². The Kier molecular flexibility index (Phi) is 5.00. The molecule has 3 rings (SSSR count). The molecule has 1 atom stereocenters. The Bertz CT molecular complexity index is 1040. The number of Topliss-reactive ketones (excluding diaryl/α,β-unsaturated/α-hetero) is 1. The van der Waals surface area contributed by atoms with Crippen LogP contribution in [-0.4, -0.2) is 21.5 Å². The number of aromatic nitrogens is 1. The van der Waals surface area contributed by atoms with Gasteiger partial charge in [0.15, 0.2) is 5.78 Å². The number of pyridine rings is 1. The van der Waals surface area contributed by atoms with E-state index in [2.05, 4.69) is 0 Å². The number of benzene rings is 2. The van der Waals surface area contributed by atoms with Gasteiger partial charge in [0.2, 0.25) is 0 Å². The number of hydrogen-bond donors (Lipinski definition) is 2. The fourth-order valence-electron chi connectivity index (χ4n) is 2.91. The minimum Gasteiger partial charge on any atom is -0.506 e. The number of nitrogens with two attached hydrogens (primary N) is 1. The van der Waals surface area contributed by atoms with Crippen molar-refractivity contribution in [1.82, 2.24) is 4.57 Å². The van der Waals surface area contributed by atoms with E-state index in [0.29, 0.717) is 10.9 Å². The minimum absolute atomic E-state index is 0.0650. The number of hydrogen-bond acceptors (Lipinski definition) is 4. The number of aryl methyl sites for hydroxylation is 1. The van der Waals surface area contributed by atoms with Crippen molar-refractivity contribution in [2.45, 2.75) is 12.5 Å². The summed E-state index contributed by atoms with van der Waals surface area (Å²) in [6, 6.07) is 15.9. The molecule has 5 heteroatoms. The number of aromatic hydroxyl groups is 1. The van der Waals surface area contributed by atoms with E-state index in [1.54, 1.807) is 37.4 Å². The molecule has 0 bridgehead atoms. The molecule has 0 aliphatic carbocycles. The molecule has 0 saturated heterocycles. The number of ketones is 1. The topological polar surface area (TPSA) is 85.3 Å². The van der Waals surface area contributed by atoms with Crippen molar-refractivity contribution in [3.8, 4) is 5.75 Å². The van der Waals surface area contributed by atoms with Crippen LogP contribution in [0.4, 0.5) is 0 Å². The van der Waals surface area contributed by atoms with Crippen molar-refractivity contribution in [2.75, 3.05) is 0 Å². The summed E-state index contributed by atoms with van der Waals surface area (Å²) in [7, 11) is 1.58. The summed E-state index contributed by atoms with van der Waals surface area (Å²) in [6.07, 6.45) is 3.48. The zero-order valence-corrected chi connectivity index (χ0v) is 14.4. The lowest BCUT2D eigenvalue weighted by Gasteiger charge is -2.12. The monoisotopic (exact) mass is 348 g/mol. The number of rotatable bonds is 5.